The molecule has 0 aliphatic heterocycles. The van der Waals surface area contributed by atoms with Gasteiger partial charge in [0.2, 0.25) is 11.8 Å². The predicted octanol–water partition coefficient (Wildman–Crippen LogP) is 3.71. The molecule has 0 saturated heterocycles. The van der Waals surface area contributed by atoms with Crippen LogP contribution in [0, 0.1) is 0 Å². The number of ether oxygens (including phenoxy) is 1. The standard InChI is InChI=1S/C14H17ClN2O2/c1-14(2,3)18-9-11-16-17-13(19-11)12(15)10-7-5-4-6-8-10/h4-8,12H,9H2,1-3H3. The van der Waals surface area contributed by atoms with Gasteiger partial charge < -0.3 is 9.15 Å². The molecule has 0 aliphatic carbocycles. The lowest BCUT2D eigenvalue weighted by atomic mass is 10.1. The van der Waals surface area contributed by atoms with Crippen molar-refractivity contribution in [3.63, 3.8) is 0 Å². The highest BCUT2D eigenvalue weighted by Gasteiger charge is 2.19. The summed E-state index contributed by atoms with van der Waals surface area (Å²) in [5, 5.41) is 7.47. The van der Waals surface area contributed by atoms with Crippen LogP contribution in [0.1, 0.15) is 43.5 Å². The lowest BCUT2D eigenvalue weighted by Gasteiger charge is -2.17. The topological polar surface area (TPSA) is 48.2 Å². The highest BCUT2D eigenvalue weighted by atomic mass is 35.5. The number of hydrogen-bond donors (Lipinski definition) is 0. The number of benzene rings is 1. The SMILES string of the molecule is CC(C)(C)OCc1nnc(C(Cl)c2ccccc2)o1. The van der Waals surface area contributed by atoms with Crippen LogP contribution in [0.15, 0.2) is 34.7 Å². The van der Waals surface area contributed by atoms with Crippen LogP contribution in [0.5, 0.6) is 0 Å². The fraction of sp³-hybridized carbons (Fsp3) is 0.429. The molecule has 1 aromatic heterocycles. The molecule has 0 amide bonds. The summed E-state index contributed by atoms with van der Waals surface area (Å²) < 4.78 is 11.1. The summed E-state index contributed by atoms with van der Waals surface area (Å²) in [6.07, 6.45) is 0. The van der Waals surface area contributed by atoms with Gasteiger partial charge >= 0.3 is 0 Å². The zero-order valence-corrected chi connectivity index (χ0v) is 12.0. The van der Waals surface area contributed by atoms with E-state index in [9.17, 15) is 0 Å². The van der Waals surface area contributed by atoms with Gasteiger partial charge in [0.15, 0.2) is 0 Å². The molecule has 102 valence electrons. The van der Waals surface area contributed by atoms with Gasteiger partial charge in [-0.3, -0.25) is 0 Å². The monoisotopic (exact) mass is 280 g/mol. The van der Waals surface area contributed by atoms with Crippen LogP contribution in [0.25, 0.3) is 0 Å². The molecule has 2 aromatic rings. The van der Waals surface area contributed by atoms with E-state index in [1.807, 2.05) is 51.1 Å². The number of rotatable bonds is 4. The Morgan fingerprint density at radius 2 is 1.89 bits per heavy atom. The van der Waals surface area contributed by atoms with Gasteiger partial charge in [-0.15, -0.1) is 21.8 Å². The van der Waals surface area contributed by atoms with Crippen molar-refractivity contribution < 1.29 is 9.15 Å². The molecule has 4 nitrogen and oxygen atoms in total. The summed E-state index contributed by atoms with van der Waals surface area (Å²) >= 11 is 6.30. The van der Waals surface area contributed by atoms with Gasteiger partial charge in [0.05, 0.1) is 5.60 Å². The molecule has 0 saturated carbocycles. The third-order valence-corrected chi connectivity index (χ3v) is 2.86. The highest BCUT2D eigenvalue weighted by molar-refractivity contribution is 6.22. The van der Waals surface area contributed by atoms with Gasteiger partial charge in [0.1, 0.15) is 12.0 Å². The van der Waals surface area contributed by atoms with Crippen molar-refractivity contribution in [3.05, 3.63) is 47.7 Å². The number of hydrogen-bond acceptors (Lipinski definition) is 4. The Labute approximate surface area is 117 Å². The van der Waals surface area contributed by atoms with Crippen LogP contribution < -0.4 is 0 Å². The molecule has 1 unspecified atom stereocenters. The van der Waals surface area contributed by atoms with Crippen LogP contribution in [0.2, 0.25) is 0 Å². The Hall–Kier alpha value is -1.39. The lowest BCUT2D eigenvalue weighted by molar-refractivity contribution is -0.0246. The van der Waals surface area contributed by atoms with E-state index in [0.717, 1.165) is 5.56 Å². The normalized spacial score (nSPS) is 13.5. The molecule has 1 aromatic carbocycles. The zero-order valence-electron chi connectivity index (χ0n) is 11.3. The maximum Gasteiger partial charge on any atom is 0.242 e. The van der Waals surface area contributed by atoms with Crippen molar-refractivity contribution in [2.75, 3.05) is 0 Å². The molecule has 1 atom stereocenters. The molecule has 0 aliphatic rings. The fourth-order valence-corrected chi connectivity index (χ4v) is 1.70. The number of halogens is 1. The predicted molar refractivity (Wildman–Crippen MR) is 73.0 cm³/mol. The summed E-state index contributed by atoms with van der Waals surface area (Å²) in [7, 11) is 0. The van der Waals surface area contributed by atoms with Gasteiger partial charge in [-0.05, 0) is 26.3 Å². The average molecular weight is 281 g/mol. The highest BCUT2D eigenvalue weighted by Crippen LogP contribution is 2.27. The first-order chi connectivity index (χ1) is 8.96. The Kier molecular flexibility index (Phi) is 4.22. The first-order valence-corrected chi connectivity index (χ1v) is 6.54. The van der Waals surface area contributed by atoms with E-state index in [-0.39, 0.29) is 12.2 Å². The van der Waals surface area contributed by atoms with E-state index in [1.54, 1.807) is 0 Å². The van der Waals surface area contributed by atoms with Crippen molar-refractivity contribution in [2.45, 2.75) is 38.4 Å². The molecule has 0 fully saturated rings. The summed E-state index contributed by atoms with van der Waals surface area (Å²) in [6.45, 7) is 6.20. The number of alkyl halides is 1. The van der Waals surface area contributed by atoms with Crippen molar-refractivity contribution in [1.29, 1.82) is 0 Å². The molecule has 0 N–H and O–H groups in total. The summed E-state index contributed by atoms with van der Waals surface area (Å²) in [4.78, 5) is 0. The van der Waals surface area contributed by atoms with Gasteiger partial charge in [0, 0.05) is 0 Å². The van der Waals surface area contributed by atoms with Crippen LogP contribution in [0.4, 0.5) is 0 Å². The van der Waals surface area contributed by atoms with E-state index < -0.39 is 5.38 Å². The van der Waals surface area contributed by atoms with E-state index in [0.29, 0.717) is 11.8 Å². The fourth-order valence-electron chi connectivity index (χ4n) is 1.47. The average Bonchev–Trinajstić information content (AvgIpc) is 2.84. The molecule has 5 heteroatoms. The Bertz CT molecular complexity index is 520. The summed E-state index contributed by atoms with van der Waals surface area (Å²) in [6, 6.07) is 9.62. The third kappa shape index (κ3) is 4.04. The van der Waals surface area contributed by atoms with Crippen LogP contribution in [-0.2, 0) is 11.3 Å². The third-order valence-electron chi connectivity index (χ3n) is 2.42. The van der Waals surface area contributed by atoms with Crippen LogP contribution >= 0.6 is 11.6 Å². The largest absolute Gasteiger partial charge is 0.421 e. The minimum absolute atomic E-state index is 0.242. The Balaban J connectivity index is 2.05. The molecule has 0 bridgehead atoms. The molecule has 0 spiro atoms. The second-order valence-corrected chi connectivity index (χ2v) is 5.64. The van der Waals surface area contributed by atoms with Crippen LogP contribution in [0.3, 0.4) is 0 Å². The van der Waals surface area contributed by atoms with Gasteiger partial charge in [-0.2, -0.15) is 0 Å². The summed E-state index contributed by atoms with van der Waals surface area (Å²) in [5.74, 6) is 0.826. The van der Waals surface area contributed by atoms with Gasteiger partial charge in [0.25, 0.3) is 0 Å². The van der Waals surface area contributed by atoms with Gasteiger partial charge in [-0.25, -0.2) is 0 Å². The van der Waals surface area contributed by atoms with E-state index in [4.69, 9.17) is 20.8 Å². The quantitative estimate of drug-likeness (QED) is 0.801. The molecular formula is C14H17ClN2O2. The van der Waals surface area contributed by atoms with E-state index >= 15 is 0 Å². The minimum atomic E-state index is -0.433. The maximum atomic E-state index is 6.30. The molecule has 19 heavy (non-hydrogen) atoms. The zero-order chi connectivity index (χ0) is 13.9. The molecule has 1 heterocycles. The Morgan fingerprint density at radius 1 is 1.21 bits per heavy atom. The van der Waals surface area contributed by atoms with E-state index in [1.165, 1.54) is 0 Å². The lowest BCUT2D eigenvalue weighted by Crippen LogP contribution is -2.18. The first-order valence-electron chi connectivity index (χ1n) is 6.11. The molecular weight excluding hydrogens is 264 g/mol. The number of nitrogens with zero attached hydrogens (tertiary/aromatic N) is 2. The summed E-state index contributed by atoms with van der Waals surface area (Å²) in [5.41, 5.74) is 0.685. The van der Waals surface area contributed by atoms with Crippen molar-refractivity contribution in [1.82, 2.24) is 10.2 Å². The minimum Gasteiger partial charge on any atom is -0.421 e. The first kappa shape index (κ1) is 14.0. The maximum absolute atomic E-state index is 6.30. The smallest absolute Gasteiger partial charge is 0.242 e. The second kappa shape index (κ2) is 5.72. The van der Waals surface area contributed by atoms with Crippen LogP contribution in [-0.4, -0.2) is 15.8 Å². The second-order valence-electron chi connectivity index (χ2n) is 5.21. The van der Waals surface area contributed by atoms with Crippen molar-refractivity contribution in [2.24, 2.45) is 0 Å². The van der Waals surface area contributed by atoms with Crippen molar-refractivity contribution >= 4 is 11.6 Å². The molecule has 2 rings (SSSR count). The molecule has 0 radical (unpaired) electrons. The Morgan fingerprint density at radius 3 is 2.53 bits per heavy atom. The van der Waals surface area contributed by atoms with Gasteiger partial charge in [-0.1, -0.05) is 30.3 Å². The van der Waals surface area contributed by atoms with E-state index in [2.05, 4.69) is 10.2 Å². The van der Waals surface area contributed by atoms with Crippen molar-refractivity contribution in [3.8, 4) is 0 Å². The number of aromatic nitrogens is 2.